The van der Waals surface area contributed by atoms with Gasteiger partial charge >= 0.3 is 12.3 Å². The number of halogens is 4. The first-order valence-electron chi connectivity index (χ1n) is 12.4. The lowest BCUT2D eigenvalue weighted by Crippen LogP contribution is -2.45. The summed E-state index contributed by atoms with van der Waals surface area (Å²) >= 11 is 0. The third-order valence-electron chi connectivity index (χ3n) is 5.61. The van der Waals surface area contributed by atoms with Gasteiger partial charge < -0.3 is 19.6 Å². The van der Waals surface area contributed by atoms with Crippen LogP contribution in [0.3, 0.4) is 0 Å². The Bertz CT molecular complexity index is 1330. The van der Waals surface area contributed by atoms with Crippen LogP contribution in [0.25, 0.3) is 0 Å². The molecule has 3 N–H and O–H groups in total. The summed E-state index contributed by atoms with van der Waals surface area (Å²) < 4.78 is 88.1. The van der Waals surface area contributed by atoms with Crippen molar-refractivity contribution in [1.29, 1.82) is 0 Å². The first kappa shape index (κ1) is 36.2. The molecule has 0 saturated heterocycles. The molecule has 1 aliphatic carbocycles. The maximum atomic E-state index is 13.2. The fourth-order valence-corrected chi connectivity index (χ4v) is 5.00. The monoisotopic (exact) mass is 621 g/mol. The molecule has 3 atom stereocenters. The summed E-state index contributed by atoms with van der Waals surface area (Å²) in [5.41, 5.74) is -2.22. The third kappa shape index (κ3) is 9.08. The molecule has 0 spiro atoms. The smallest absolute Gasteiger partial charge is 0.427 e. The van der Waals surface area contributed by atoms with E-state index in [2.05, 4.69) is 38.4 Å². The third-order valence-corrected chi connectivity index (χ3v) is 7.65. The van der Waals surface area contributed by atoms with Crippen molar-refractivity contribution in [3.63, 3.8) is 0 Å². The Kier molecular flexibility index (Phi) is 12.8. The van der Waals surface area contributed by atoms with Crippen molar-refractivity contribution >= 4 is 33.8 Å². The first-order valence-corrected chi connectivity index (χ1v) is 13.8. The number of carbonyl (C=O) groups excluding carboxylic acids is 2. The van der Waals surface area contributed by atoms with Crippen LogP contribution in [0.15, 0.2) is 29.3 Å². The lowest BCUT2D eigenvalue weighted by atomic mass is 10.1. The summed E-state index contributed by atoms with van der Waals surface area (Å²) in [7, 11) is -0.288. The molecule has 0 bridgehead atoms. The number of sulfonamides is 1. The number of terminal acetylenes is 1. The molecular formula is C26H35F4N5O6S. The number of hydrogen-bond donors (Lipinski definition) is 3. The van der Waals surface area contributed by atoms with Crippen LogP contribution in [-0.4, -0.2) is 75.7 Å². The van der Waals surface area contributed by atoms with Gasteiger partial charge in [-0.2, -0.15) is 18.3 Å². The zero-order valence-electron chi connectivity index (χ0n) is 24.0. The fourth-order valence-electron chi connectivity index (χ4n) is 3.23. The largest absolute Gasteiger partial charge is 0.489 e. The lowest BCUT2D eigenvalue weighted by Gasteiger charge is -2.35. The van der Waals surface area contributed by atoms with Gasteiger partial charge in [-0.3, -0.25) is 14.7 Å². The predicted molar refractivity (Wildman–Crippen MR) is 149 cm³/mol. The van der Waals surface area contributed by atoms with Crippen LogP contribution in [0.1, 0.15) is 32.9 Å². The summed E-state index contributed by atoms with van der Waals surface area (Å²) in [5, 5.41) is 11.3. The number of nitrogens with one attached hydrogen (secondary N) is 3. The normalized spacial score (nSPS) is 19.0. The highest BCUT2D eigenvalue weighted by Gasteiger charge is 2.51. The van der Waals surface area contributed by atoms with Gasteiger partial charge in [0.1, 0.15) is 29.7 Å². The van der Waals surface area contributed by atoms with Gasteiger partial charge in [-0.1, -0.05) is 0 Å². The molecule has 1 saturated carbocycles. The van der Waals surface area contributed by atoms with Gasteiger partial charge in [-0.15, -0.1) is 12.8 Å². The number of hydrogen-bond acceptors (Lipinski definition) is 8. The summed E-state index contributed by atoms with van der Waals surface area (Å²) in [6, 6.07) is 3.47. The number of fused-ring (bicyclic) bond motifs is 1. The number of aryl methyl sites for hydroxylation is 1. The minimum absolute atomic E-state index is 0.0306. The number of aromatic amines is 1. The van der Waals surface area contributed by atoms with E-state index in [0.717, 1.165) is 18.2 Å². The van der Waals surface area contributed by atoms with Crippen molar-refractivity contribution in [3.8, 4) is 18.6 Å². The quantitative estimate of drug-likeness (QED) is 0.256. The Labute approximate surface area is 242 Å². The molecule has 42 heavy (non-hydrogen) atoms. The molecule has 2 aromatic rings. The van der Waals surface area contributed by atoms with E-state index in [-0.39, 0.29) is 34.5 Å². The van der Waals surface area contributed by atoms with E-state index in [1.165, 1.54) is 24.4 Å². The average Bonchev–Trinajstić information content (AvgIpc) is 3.44. The molecule has 1 aromatic heterocycles. The van der Waals surface area contributed by atoms with E-state index in [1.807, 2.05) is 14.1 Å². The van der Waals surface area contributed by atoms with Crippen LogP contribution in [0.4, 0.5) is 33.7 Å². The molecular weight excluding hydrogens is 586 g/mol. The average molecular weight is 622 g/mol. The van der Waals surface area contributed by atoms with Crippen molar-refractivity contribution in [2.45, 2.75) is 63.0 Å². The number of alkyl halides is 4. The minimum Gasteiger partial charge on any atom is -0.489 e. The van der Waals surface area contributed by atoms with Crippen LogP contribution in [0, 0.1) is 25.7 Å². The molecule has 234 valence electrons. The second kappa shape index (κ2) is 14.9. The summed E-state index contributed by atoms with van der Waals surface area (Å²) in [6.45, 7) is 4.71. The van der Waals surface area contributed by atoms with Gasteiger partial charge in [-0.05, 0) is 66.4 Å². The van der Waals surface area contributed by atoms with Gasteiger partial charge in [0.15, 0.2) is 0 Å². The standard InChI is InChI=1S/C18H21F3N4O5S.C4H5FO.C2H7N.C2H2/c1-10-9-29-14-6-5-12(23-16(26)30-17(3,4)18(19,20)21)7-13(14)25(10)31(27,28)15-8-22-24-11(15)2;5-4-1-3(4)2-6;1-3-2;1-2/h5-8,10H,9H2,1-4H3,(H,22,24)(H,23,26);2-4H,1H2;3H,1-2H3;1-2H/t10-;3-,4-;;/m11../s1. The van der Waals surface area contributed by atoms with Crippen LogP contribution in [0.5, 0.6) is 5.75 Å². The van der Waals surface area contributed by atoms with Gasteiger partial charge in [0.05, 0.1) is 23.6 Å². The highest BCUT2D eigenvalue weighted by Crippen LogP contribution is 2.40. The second-order valence-corrected chi connectivity index (χ2v) is 11.4. The van der Waals surface area contributed by atoms with E-state index in [0.29, 0.717) is 18.4 Å². The van der Waals surface area contributed by atoms with Crippen molar-refractivity contribution in [2.75, 3.05) is 30.3 Å². The number of benzene rings is 1. The Morgan fingerprint density at radius 3 is 2.26 bits per heavy atom. The molecule has 0 unspecified atom stereocenters. The fraction of sp³-hybridized carbons (Fsp3) is 0.500. The molecule has 1 aliphatic heterocycles. The maximum absolute atomic E-state index is 13.2. The van der Waals surface area contributed by atoms with E-state index in [1.54, 1.807) is 13.8 Å². The molecule has 1 fully saturated rings. The van der Waals surface area contributed by atoms with Gasteiger partial charge in [0, 0.05) is 11.6 Å². The second-order valence-electron chi connectivity index (χ2n) is 9.58. The number of nitrogens with zero attached hydrogens (tertiary/aromatic N) is 2. The van der Waals surface area contributed by atoms with Crippen LogP contribution < -0.4 is 19.7 Å². The minimum atomic E-state index is -4.77. The zero-order valence-corrected chi connectivity index (χ0v) is 24.8. The Morgan fingerprint density at radius 2 is 1.83 bits per heavy atom. The van der Waals surface area contributed by atoms with Gasteiger partial charge in [-0.25, -0.2) is 17.6 Å². The zero-order chi connectivity index (χ0) is 32.5. The Hall–Kier alpha value is -3.84. The molecule has 16 heteroatoms. The summed E-state index contributed by atoms with van der Waals surface area (Å²) in [4.78, 5) is 21.5. The number of amides is 1. The molecule has 2 aliphatic rings. The lowest BCUT2D eigenvalue weighted by molar-refractivity contribution is -0.242. The van der Waals surface area contributed by atoms with E-state index in [4.69, 9.17) is 4.74 Å². The number of anilines is 2. The Morgan fingerprint density at radius 1 is 1.26 bits per heavy atom. The van der Waals surface area contributed by atoms with Crippen LogP contribution in [0.2, 0.25) is 0 Å². The molecule has 0 radical (unpaired) electrons. The van der Waals surface area contributed by atoms with Crippen molar-refractivity contribution in [2.24, 2.45) is 5.92 Å². The molecule has 11 nitrogen and oxygen atoms in total. The van der Waals surface area contributed by atoms with Crippen molar-refractivity contribution in [3.05, 3.63) is 30.1 Å². The number of H-pyrrole nitrogens is 1. The predicted octanol–water partition coefficient (Wildman–Crippen LogP) is 4.21. The van der Waals surface area contributed by atoms with Crippen LogP contribution >= 0.6 is 0 Å². The topological polar surface area (TPSA) is 143 Å². The number of carbonyl (C=O) groups is 2. The molecule has 2 heterocycles. The highest BCUT2D eigenvalue weighted by molar-refractivity contribution is 7.93. The molecule has 1 amide bonds. The van der Waals surface area contributed by atoms with Gasteiger partial charge in [0.25, 0.3) is 10.0 Å². The number of rotatable bonds is 5. The first-order chi connectivity index (χ1) is 19.5. The van der Waals surface area contributed by atoms with E-state index < -0.39 is 40.1 Å². The highest BCUT2D eigenvalue weighted by atomic mass is 32.2. The molecule has 4 rings (SSSR count). The van der Waals surface area contributed by atoms with Crippen molar-refractivity contribution in [1.82, 2.24) is 15.5 Å². The number of ether oxygens (including phenoxy) is 2. The molecule has 1 aromatic carbocycles. The van der Waals surface area contributed by atoms with Gasteiger partial charge in [0.2, 0.25) is 5.60 Å². The van der Waals surface area contributed by atoms with E-state index >= 15 is 0 Å². The van der Waals surface area contributed by atoms with Crippen molar-refractivity contribution < 1.29 is 45.0 Å². The maximum Gasteiger partial charge on any atom is 0.427 e. The van der Waals surface area contributed by atoms with E-state index in [9.17, 15) is 35.6 Å². The SMILES string of the molecule is C#C.CNC.Cc1[nH]ncc1S(=O)(=O)N1c2cc(NC(=O)OC(C)(C)C(F)(F)F)ccc2OC[C@H]1C.O=C[C@H]1C[C@H]1F. The van der Waals surface area contributed by atoms with Crippen LogP contribution in [-0.2, 0) is 19.6 Å². The Balaban J connectivity index is 0.000000681. The summed E-state index contributed by atoms with van der Waals surface area (Å²) in [6.07, 6.45) is 3.41. The summed E-state index contributed by atoms with van der Waals surface area (Å²) in [5.74, 6) is -0.0117. The number of aldehydes is 1. The number of aromatic nitrogens is 2.